The fraction of sp³-hybridized carbons (Fsp3) is 0.600. The SMILES string of the molecule is COc1ccc(Br)cc1C(Br)CCC1CCCC1. The minimum atomic E-state index is 0.394. The van der Waals surface area contributed by atoms with Gasteiger partial charge in [0, 0.05) is 14.9 Å². The highest BCUT2D eigenvalue weighted by atomic mass is 79.9. The first-order chi connectivity index (χ1) is 8.70. The second kappa shape index (κ2) is 6.95. The molecule has 1 aliphatic rings. The number of alkyl halides is 1. The van der Waals surface area contributed by atoms with E-state index in [-0.39, 0.29) is 0 Å². The Hall–Kier alpha value is -0.0200. The van der Waals surface area contributed by atoms with Crippen LogP contribution < -0.4 is 4.74 Å². The first-order valence-electron chi connectivity index (χ1n) is 6.68. The van der Waals surface area contributed by atoms with Crippen LogP contribution in [0, 0.1) is 5.92 Å². The highest BCUT2D eigenvalue weighted by Crippen LogP contribution is 2.39. The third kappa shape index (κ3) is 3.74. The Bertz CT molecular complexity index is 386. The summed E-state index contributed by atoms with van der Waals surface area (Å²) in [5.74, 6) is 1.93. The third-order valence-electron chi connectivity index (χ3n) is 3.83. The molecule has 1 unspecified atom stereocenters. The van der Waals surface area contributed by atoms with Gasteiger partial charge in [-0.15, -0.1) is 0 Å². The molecular weight excluding hydrogens is 356 g/mol. The fourth-order valence-corrected chi connectivity index (χ4v) is 3.79. The molecule has 0 N–H and O–H groups in total. The van der Waals surface area contributed by atoms with Crippen molar-refractivity contribution in [2.24, 2.45) is 5.92 Å². The smallest absolute Gasteiger partial charge is 0.123 e. The Morgan fingerprint density at radius 3 is 2.72 bits per heavy atom. The summed E-state index contributed by atoms with van der Waals surface area (Å²) >= 11 is 7.35. The van der Waals surface area contributed by atoms with E-state index in [1.165, 1.54) is 44.1 Å². The molecule has 1 fully saturated rings. The van der Waals surface area contributed by atoms with Crippen LogP contribution >= 0.6 is 31.9 Å². The molecule has 0 radical (unpaired) electrons. The standard InChI is InChI=1S/C15H20Br2O/c1-18-15-9-7-12(16)10-13(15)14(17)8-6-11-4-2-3-5-11/h7,9-11,14H,2-6,8H2,1H3. The van der Waals surface area contributed by atoms with Crippen molar-refractivity contribution in [2.75, 3.05) is 7.11 Å². The second-order valence-electron chi connectivity index (χ2n) is 5.08. The Balaban J connectivity index is 1.98. The van der Waals surface area contributed by atoms with Gasteiger partial charge < -0.3 is 4.74 Å². The third-order valence-corrected chi connectivity index (χ3v) is 5.28. The molecule has 0 heterocycles. The van der Waals surface area contributed by atoms with E-state index >= 15 is 0 Å². The zero-order chi connectivity index (χ0) is 13.0. The predicted octanol–water partition coefficient (Wildman–Crippen LogP) is 5.86. The van der Waals surface area contributed by atoms with Crippen LogP contribution in [0.2, 0.25) is 0 Å². The summed E-state index contributed by atoms with van der Waals surface area (Å²) in [4.78, 5) is 0.394. The van der Waals surface area contributed by atoms with Crippen LogP contribution in [0.5, 0.6) is 5.75 Å². The van der Waals surface area contributed by atoms with Crippen LogP contribution in [0.1, 0.15) is 48.9 Å². The predicted molar refractivity (Wildman–Crippen MR) is 83.6 cm³/mol. The zero-order valence-corrected chi connectivity index (χ0v) is 14.0. The van der Waals surface area contributed by atoms with Gasteiger partial charge >= 0.3 is 0 Å². The quantitative estimate of drug-likeness (QED) is 0.585. The lowest BCUT2D eigenvalue weighted by molar-refractivity contribution is 0.406. The van der Waals surface area contributed by atoms with Gasteiger partial charge in [-0.2, -0.15) is 0 Å². The highest BCUT2D eigenvalue weighted by Gasteiger charge is 2.19. The molecule has 0 aliphatic heterocycles. The van der Waals surface area contributed by atoms with Crippen molar-refractivity contribution in [3.05, 3.63) is 28.2 Å². The largest absolute Gasteiger partial charge is 0.496 e. The number of ether oxygens (including phenoxy) is 1. The molecule has 0 saturated heterocycles. The fourth-order valence-electron chi connectivity index (χ4n) is 2.79. The Morgan fingerprint density at radius 2 is 2.06 bits per heavy atom. The van der Waals surface area contributed by atoms with Gasteiger partial charge in [0.05, 0.1) is 7.11 Å². The van der Waals surface area contributed by atoms with Crippen molar-refractivity contribution in [3.63, 3.8) is 0 Å². The molecule has 0 aromatic heterocycles. The van der Waals surface area contributed by atoms with Gasteiger partial charge in [-0.3, -0.25) is 0 Å². The van der Waals surface area contributed by atoms with E-state index in [9.17, 15) is 0 Å². The molecule has 1 aliphatic carbocycles. The molecule has 1 aromatic rings. The van der Waals surface area contributed by atoms with Crippen molar-refractivity contribution in [1.29, 1.82) is 0 Å². The average molecular weight is 376 g/mol. The maximum Gasteiger partial charge on any atom is 0.123 e. The molecule has 1 atom stereocenters. The molecule has 2 rings (SSSR count). The lowest BCUT2D eigenvalue weighted by Crippen LogP contribution is -1.99. The van der Waals surface area contributed by atoms with Crippen LogP contribution in [-0.2, 0) is 0 Å². The second-order valence-corrected chi connectivity index (χ2v) is 7.10. The lowest BCUT2D eigenvalue weighted by Gasteiger charge is -2.16. The number of hydrogen-bond donors (Lipinski definition) is 0. The molecule has 18 heavy (non-hydrogen) atoms. The van der Waals surface area contributed by atoms with Gasteiger partial charge in [-0.25, -0.2) is 0 Å². The van der Waals surface area contributed by atoms with E-state index in [0.717, 1.165) is 16.1 Å². The van der Waals surface area contributed by atoms with Gasteiger partial charge in [0.2, 0.25) is 0 Å². The number of methoxy groups -OCH3 is 1. The molecule has 1 saturated carbocycles. The Morgan fingerprint density at radius 1 is 1.33 bits per heavy atom. The van der Waals surface area contributed by atoms with E-state index in [1.54, 1.807) is 7.11 Å². The lowest BCUT2D eigenvalue weighted by atomic mass is 9.98. The average Bonchev–Trinajstić information content (AvgIpc) is 2.89. The summed E-state index contributed by atoms with van der Waals surface area (Å²) in [6.07, 6.45) is 8.23. The van der Waals surface area contributed by atoms with Crippen LogP contribution in [0.4, 0.5) is 0 Å². The van der Waals surface area contributed by atoms with Gasteiger partial charge in [0.25, 0.3) is 0 Å². The number of hydrogen-bond acceptors (Lipinski definition) is 1. The van der Waals surface area contributed by atoms with Crippen LogP contribution in [0.25, 0.3) is 0 Å². The minimum absolute atomic E-state index is 0.394. The van der Waals surface area contributed by atoms with E-state index in [2.05, 4.69) is 37.9 Å². The molecular formula is C15H20Br2O. The molecule has 1 aromatic carbocycles. The molecule has 100 valence electrons. The Kier molecular flexibility index (Phi) is 5.56. The minimum Gasteiger partial charge on any atom is -0.496 e. The maximum atomic E-state index is 5.44. The summed E-state index contributed by atoms with van der Waals surface area (Å²) < 4.78 is 6.56. The zero-order valence-electron chi connectivity index (χ0n) is 10.8. The topological polar surface area (TPSA) is 9.23 Å². The van der Waals surface area contributed by atoms with Crippen molar-refractivity contribution in [3.8, 4) is 5.75 Å². The molecule has 0 amide bonds. The van der Waals surface area contributed by atoms with Gasteiger partial charge in [-0.05, 0) is 37.0 Å². The van der Waals surface area contributed by atoms with Crippen molar-refractivity contribution >= 4 is 31.9 Å². The number of rotatable bonds is 5. The first-order valence-corrected chi connectivity index (χ1v) is 8.39. The molecule has 0 spiro atoms. The molecule has 1 nitrogen and oxygen atoms in total. The molecule has 3 heteroatoms. The van der Waals surface area contributed by atoms with Gasteiger partial charge in [-0.1, -0.05) is 57.5 Å². The van der Waals surface area contributed by atoms with Crippen molar-refractivity contribution in [2.45, 2.75) is 43.4 Å². The van der Waals surface area contributed by atoms with Gasteiger partial charge in [0.1, 0.15) is 5.75 Å². The van der Waals surface area contributed by atoms with Crippen LogP contribution in [0.3, 0.4) is 0 Å². The maximum absolute atomic E-state index is 5.44. The van der Waals surface area contributed by atoms with E-state index in [0.29, 0.717) is 4.83 Å². The molecule has 0 bridgehead atoms. The van der Waals surface area contributed by atoms with Crippen LogP contribution in [-0.4, -0.2) is 7.11 Å². The van der Waals surface area contributed by atoms with E-state index in [1.807, 2.05) is 12.1 Å². The summed E-state index contributed by atoms with van der Waals surface area (Å²) in [6, 6.07) is 6.22. The number of halogens is 2. The summed E-state index contributed by atoms with van der Waals surface area (Å²) in [5.41, 5.74) is 1.25. The van der Waals surface area contributed by atoms with Gasteiger partial charge in [0.15, 0.2) is 0 Å². The van der Waals surface area contributed by atoms with E-state index < -0.39 is 0 Å². The normalized spacial score (nSPS) is 17.9. The van der Waals surface area contributed by atoms with E-state index in [4.69, 9.17) is 4.74 Å². The summed E-state index contributed by atoms with van der Waals surface area (Å²) in [7, 11) is 1.74. The highest BCUT2D eigenvalue weighted by molar-refractivity contribution is 9.10. The van der Waals surface area contributed by atoms with Crippen molar-refractivity contribution in [1.82, 2.24) is 0 Å². The van der Waals surface area contributed by atoms with Crippen LogP contribution in [0.15, 0.2) is 22.7 Å². The first kappa shape index (κ1) is 14.4. The summed E-state index contributed by atoms with van der Waals surface area (Å²) in [5, 5.41) is 0. The Labute approximate surface area is 127 Å². The summed E-state index contributed by atoms with van der Waals surface area (Å²) in [6.45, 7) is 0. The monoisotopic (exact) mass is 374 g/mol. The van der Waals surface area contributed by atoms with Crippen molar-refractivity contribution < 1.29 is 4.74 Å². The number of benzene rings is 1.